The number of benzene rings is 1. The molecule has 3 rings (SSSR count). The number of fused-ring (bicyclic) bond motifs is 1. The molecule has 0 spiro atoms. The second-order valence-electron chi connectivity index (χ2n) is 4.60. The van der Waals surface area contributed by atoms with Crippen molar-refractivity contribution in [1.82, 2.24) is 20.3 Å². The Morgan fingerprint density at radius 2 is 1.95 bits per heavy atom. The first kappa shape index (κ1) is 11.9. The number of imidazole rings is 1. The maximum absolute atomic E-state index is 4.59. The van der Waals surface area contributed by atoms with Crippen molar-refractivity contribution in [3.05, 3.63) is 60.2 Å². The van der Waals surface area contributed by atoms with Crippen LogP contribution in [0.2, 0.25) is 0 Å². The van der Waals surface area contributed by atoms with Crippen LogP contribution in [-0.2, 0) is 6.54 Å². The quantitative estimate of drug-likeness (QED) is 0.750. The summed E-state index contributed by atoms with van der Waals surface area (Å²) in [5, 5.41) is 3.45. The van der Waals surface area contributed by atoms with Crippen LogP contribution in [0.15, 0.2) is 48.8 Å². The van der Waals surface area contributed by atoms with Crippen LogP contribution >= 0.6 is 0 Å². The lowest BCUT2D eigenvalue weighted by atomic mass is 10.2. The zero-order chi connectivity index (χ0) is 13.1. The van der Waals surface area contributed by atoms with Gasteiger partial charge in [-0.15, -0.1) is 0 Å². The molecule has 0 bridgehead atoms. The van der Waals surface area contributed by atoms with Gasteiger partial charge in [0.1, 0.15) is 5.82 Å². The van der Waals surface area contributed by atoms with Crippen molar-refractivity contribution in [3.63, 3.8) is 0 Å². The number of rotatable bonds is 4. The number of nitrogens with one attached hydrogen (secondary N) is 2. The lowest BCUT2D eigenvalue weighted by molar-refractivity contribution is 0.552. The summed E-state index contributed by atoms with van der Waals surface area (Å²) in [6, 6.07) is 12.3. The molecule has 4 nitrogen and oxygen atoms in total. The average Bonchev–Trinajstić information content (AvgIpc) is 2.90. The summed E-state index contributed by atoms with van der Waals surface area (Å²) in [6.45, 7) is 2.92. The molecule has 0 aliphatic rings. The minimum absolute atomic E-state index is 0.181. The van der Waals surface area contributed by atoms with Crippen molar-refractivity contribution in [3.8, 4) is 0 Å². The minimum Gasteiger partial charge on any atom is -0.341 e. The van der Waals surface area contributed by atoms with Gasteiger partial charge in [-0.25, -0.2) is 4.98 Å². The van der Waals surface area contributed by atoms with E-state index in [-0.39, 0.29) is 6.04 Å². The predicted octanol–water partition coefficient (Wildman–Crippen LogP) is 2.81. The molecule has 0 aliphatic heterocycles. The van der Waals surface area contributed by atoms with Crippen molar-refractivity contribution in [1.29, 1.82) is 0 Å². The highest BCUT2D eigenvalue weighted by Gasteiger charge is 2.09. The van der Waals surface area contributed by atoms with Crippen molar-refractivity contribution in [2.75, 3.05) is 0 Å². The molecule has 0 amide bonds. The number of hydrogen-bond donors (Lipinski definition) is 2. The Labute approximate surface area is 111 Å². The molecule has 1 atom stereocenters. The smallest absolute Gasteiger partial charge is 0.124 e. The molecule has 19 heavy (non-hydrogen) atoms. The normalized spacial score (nSPS) is 12.7. The summed E-state index contributed by atoms with van der Waals surface area (Å²) >= 11 is 0. The molecule has 0 saturated carbocycles. The molecule has 2 aromatic heterocycles. The van der Waals surface area contributed by atoms with Crippen molar-refractivity contribution < 1.29 is 0 Å². The standard InChI is InChI=1S/C15H16N4/c1-11(17-10-12-6-8-16-9-7-12)15-18-13-4-2-3-5-14(13)19-15/h2-9,11,17H,10H2,1H3,(H,18,19). The molecule has 1 aromatic carbocycles. The lowest BCUT2D eigenvalue weighted by Crippen LogP contribution is -2.19. The summed E-state index contributed by atoms with van der Waals surface area (Å²) in [4.78, 5) is 12.0. The van der Waals surface area contributed by atoms with E-state index in [0.29, 0.717) is 0 Å². The third-order valence-corrected chi connectivity index (χ3v) is 3.18. The number of hydrogen-bond acceptors (Lipinski definition) is 3. The van der Waals surface area contributed by atoms with E-state index >= 15 is 0 Å². The molecule has 0 saturated heterocycles. The number of para-hydroxylation sites is 2. The predicted molar refractivity (Wildman–Crippen MR) is 75.6 cm³/mol. The fourth-order valence-corrected chi connectivity index (χ4v) is 2.05. The van der Waals surface area contributed by atoms with Crippen molar-refractivity contribution in [2.24, 2.45) is 0 Å². The van der Waals surface area contributed by atoms with Gasteiger partial charge in [-0.3, -0.25) is 4.98 Å². The van der Waals surface area contributed by atoms with Crippen LogP contribution in [0.4, 0.5) is 0 Å². The number of pyridine rings is 1. The van der Waals surface area contributed by atoms with Crippen LogP contribution in [0.5, 0.6) is 0 Å². The summed E-state index contributed by atoms with van der Waals surface area (Å²) in [7, 11) is 0. The summed E-state index contributed by atoms with van der Waals surface area (Å²) in [5.74, 6) is 0.968. The average molecular weight is 252 g/mol. The van der Waals surface area contributed by atoms with Gasteiger partial charge < -0.3 is 10.3 Å². The molecule has 2 N–H and O–H groups in total. The van der Waals surface area contributed by atoms with Crippen LogP contribution in [0.3, 0.4) is 0 Å². The van der Waals surface area contributed by atoms with E-state index < -0.39 is 0 Å². The van der Waals surface area contributed by atoms with E-state index in [0.717, 1.165) is 23.4 Å². The third-order valence-electron chi connectivity index (χ3n) is 3.18. The molecule has 0 aliphatic carbocycles. The van der Waals surface area contributed by atoms with Crippen molar-refractivity contribution in [2.45, 2.75) is 19.5 Å². The molecule has 3 aromatic rings. The van der Waals surface area contributed by atoms with Gasteiger partial charge in [-0.2, -0.15) is 0 Å². The van der Waals surface area contributed by atoms with Gasteiger partial charge in [0.05, 0.1) is 17.1 Å². The fourth-order valence-electron chi connectivity index (χ4n) is 2.05. The molecular formula is C15H16N4. The maximum atomic E-state index is 4.59. The van der Waals surface area contributed by atoms with Crippen LogP contribution in [0.1, 0.15) is 24.4 Å². The van der Waals surface area contributed by atoms with Crippen LogP contribution < -0.4 is 5.32 Å². The molecule has 4 heteroatoms. The fraction of sp³-hybridized carbons (Fsp3) is 0.200. The van der Waals surface area contributed by atoms with Gasteiger partial charge in [0, 0.05) is 18.9 Å². The largest absolute Gasteiger partial charge is 0.341 e. The second kappa shape index (κ2) is 5.20. The monoisotopic (exact) mass is 252 g/mol. The van der Waals surface area contributed by atoms with E-state index in [4.69, 9.17) is 0 Å². The van der Waals surface area contributed by atoms with Crippen LogP contribution in [0.25, 0.3) is 11.0 Å². The molecule has 1 unspecified atom stereocenters. The van der Waals surface area contributed by atoms with E-state index in [2.05, 4.69) is 27.2 Å². The Morgan fingerprint density at radius 3 is 2.74 bits per heavy atom. The highest BCUT2D eigenvalue weighted by molar-refractivity contribution is 5.74. The van der Waals surface area contributed by atoms with Gasteiger partial charge in [0.25, 0.3) is 0 Å². The molecular weight excluding hydrogens is 236 g/mol. The van der Waals surface area contributed by atoms with Crippen LogP contribution in [-0.4, -0.2) is 15.0 Å². The van der Waals surface area contributed by atoms with E-state index in [9.17, 15) is 0 Å². The summed E-state index contributed by atoms with van der Waals surface area (Å²) in [6.07, 6.45) is 3.62. The summed E-state index contributed by atoms with van der Waals surface area (Å²) in [5.41, 5.74) is 3.31. The Hall–Kier alpha value is -2.20. The van der Waals surface area contributed by atoms with Gasteiger partial charge >= 0.3 is 0 Å². The Balaban J connectivity index is 1.71. The van der Waals surface area contributed by atoms with Crippen LogP contribution in [0, 0.1) is 0 Å². The highest BCUT2D eigenvalue weighted by atomic mass is 15.0. The van der Waals surface area contributed by atoms with Gasteiger partial charge in [0.2, 0.25) is 0 Å². The van der Waals surface area contributed by atoms with E-state index in [1.807, 2.05) is 48.8 Å². The van der Waals surface area contributed by atoms with Gasteiger partial charge in [-0.05, 0) is 36.8 Å². The first-order chi connectivity index (χ1) is 9.33. The first-order valence-electron chi connectivity index (χ1n) is 6.40. The number of H-pyrrole nitrogens is 1. The number of aromatic amines is 1. The first-order valence-corrected chi connectivity index (χ1v) is 6.40. The SMILES string of the molecule is CC(NCc1ccncc1)c1nc2ccccc2[nH]1. The lowest BCUT2D eigenvalue weighted by Gasteiger charge is -2.10. The third kappa shape index (κ3) is 2.63. The van der Waals surface area contributed by atoms with E-state index in [1.165, 1.54) is 5.56 Å². The van der Waals surface area contributed by atoms with Crippen molar-refractivity contribution >= 4 is 11.0 Å². The molecule has 0 radical (unpaired) electrons. The second-order valence-corrected chi connectivity index (χ2v) is 4.60. The highest BCUT2D eigenvalue weighted by Crippen LogP contribution is 2.15. The topological polar surface area (TPSA) is 53.6 Å². The number of nitrogens with zero attached hydrogens (tertiary/aromatic N) is 2. The Morgan fingerprint density at radius 1 is 1.16 bits per heavy atom. The Bertz CT molecular complexity index is 627. The van der Waals surface area contributed by atoms with E-state index in [1.54, 1.807) is 0 Å². The molecule has 2 heterocycles. The molecule has 96 valence electrons. The summed E-state index contributed by atoms with van der Waals surface area (Å²) < 4.78 is 0. The molecule has 0 fully saturated rings. The zero-order valence-corrected chi connectivity index (χ0v) is 10.8. The van der Waals surface area contributed by atoms with Gasteiger partial charge in [0.15, 0.2) is 0 Å². The maximum Gasteiger partial charge on any atom is 0.124 e. The zero-order valence-electron chi connectivity index (χ0n) is 10.8. The number of aromatic nitrogens is 3. The Kier molecular flexibility index (Phi) is 3.25. The van der Waals surface area contributed by atoms with Gasteiger partial charge in [-0.1, -0.05) is 12.1 Å². The minimum atomic E-state index is 0.181.